The van der Waals surface area contributed by atoms with E-state index in [2.05, 4.69) is 32.9 Å². The van der Waals surface area contributed by atoms with E-state index < -0.39 is 5.41 Å². The van der Waals surface area contributed by atoms with E-state index in [4.69, 9.17) is 33.2 Å². The summed E-state index contributed by atoms with van der Waals surface area (Å²) in [4.78, 5) is 26.5. The molecule has 4 nitrogen and oxygen atoms in total. The average molecular weight is 452 g/mol. The SMILES string of the molecule is CC1Cc2ccccc2N1C(=O)C12CCC(c3nc4cc(Cl)c(Cl)cc4nc31)C2(C)C. The minimum absolute atomic E-state index is 0.125. The number of para-hydroxylation sites is 1. The number of hydrogen-bond acceptors (Lipinski definition) is 3. The van der Waals surface area contributed by atoms with Gasteiger partial charge in [-0.2, -0.15) is 0 Å². The fourth-order valence-corrected chi connectivity index (χ4v) is 6.75. The van der Waals surface area contributed by atoms with Gasteiger partial charge in [0.05, 0.1) is 37.9 Å². The van der Waals surface area contributed by atoms with Crippen molar-refractivity contribution < 1.29 is 4.79 Å². The molecule has 158 valence electrons. The third kappa shape index (κ3) is 2.30. The Balaban J connectivity index is 1.58. The second-order valence-electron chi connectivity index (χ2n) is 9.79. The fourth-order valence-electron chi connectivity index (χ4n) is 6.43. The lowest BCUT2D eigenvalue weighted by molar-refractivity contribution is -0.127. The molecule has 2 bridgehead atoms. The van der Waals surface area contributed by atoms with Crippen LogP contribution in [0.25, 0.3) is 11.0 Å². The highest BCUT2D eigenvalue weighted by Gasteiger charge is 2.69. The summed E-state index contributed by atoms with van der Waals surface area (Å²) >= 11 is 12.5. The molecule has 0 N–H and O–H groups in total. The lowest BCUT2D eigenvalue weighted by Crippen LogP contribution is -2.53. The molecule has 1 saturated carbocycles. The molecule has 6 rings (SSSR count). The lowest BCUT2D eigenvalue weighted by Gasteiger charge is -2.40. The Hall–Kier alpha value is -2.17. The predicted molar refractivity (Wildman–Crippen MR) is 124 cm³/mol. The topological polar surface area (TPSA) is 46.1 Å². The third-order valence-corrected chi connectivity index (χ3v) is 8.76. The first-order valence-corrected chi connectivity index (χ1v) is 11.6. The number of fused-ring (bicyclic) bond motifs is 7. The van der Waals surface area contributed by atoms with E-state index in [0.29, 0.717) is 15.6 Å². The molecule has 31 heavy (non-hydrogen) atoms. The molecule has 1 aliphatic heterocycles. The van der Waals surface area contributed by atoms with Gasteiger partial charge in [-0.1, -0.05) is 55.2 Å². The monoisotopic (exact) mass is 451 g/mol. The van der Waals surface area contributed by atoms with E-state index in [1.807, 2.05) is 17.0 Å². The summed E-state index contributed by atoms with van der Waals surface area (Å²) in [7, 11) is 0. The number of amides is 1. The molecule has 2 aliphatic carbocycles. The zero-order valence-electron chi connectivity index (χ0n) is 17.7. The van der Waals surface area contributed by atoms with Gasteiger partial charge in [0.25, 0.3) is 0 Å². The van der Waals surface area contributed by atoms with Crippen molar-refractivity contribution in [2.75, 3.05) is 4.90 Å². The second-order valence-corrected chi connectivity index (χ2v) is 10.6. The largest absolute Gasteiger partial charge is 0.308 e. The van der Waals surface area contributed by atoms with Crippen LogP contribution in [0.15, 0.2) is 36.4 Å². The molecule has 1 fully saturated rings. The van der Waals surface area contributed by atoms with Gasteiger partial charge < -0.3 is 4.90 Å². The van der Waals surface area contributed by atoms with Crippen molar-refractivity contribution >= 4 is 45.8 Å². The molecular weight excluding hydrogens is 429 g/mol. The summed E-state index contributed by atoms with van der Waals surface area (Å²) in [5.41, 5.74) is 4.53. The van der Waals surface area contributed by atoms with Crippen molar-refractivity contribution in [3.8, 4) is 0 Å². The number of aromatic nitrogens is 2. The number of carbonyl (C=O) groups excluding carboxylic acids is 1. The summed E-state index contributed by atoms with van der Waals surface area (Å²) in [6, 6.07) is 11.9. The number of rotatable bonds is 1. The Labute approximate surface area is 191 Å². The zero-order valence-corrected chi connectivity index (χ0v) is 19.3. The highest BCUT2D eigenvalue weighted by molar-refractivity contribution is 6.42. The van der Waals surface area contributed by atoms with Crippen LogP contribution in [-0.2, 0) is 16.6 Å². The molecule has 2 aromatic carbocycles. The normalized spacial score (nSPS) is 27.6. The highest BCUT2D eigenvalue weighted by Crippen LogP contribution is 2.68. The zero-order chi connectivity index (χ0) is 21.7. The van der Waals surface area contributed by atoms with Crippen LogP contribution in [0.5, 0.6) is 0 Å². The lowest BCUT2D eigenvalue weighted by atomic mass is 9.67. The number of carbonyl (C=O) groups is 1. The van der Waals surface area contributed by atoms with Gasteiger partial charge in [0, 0.05) is 17.6 Å². The number of hydrogen-bond donors (Lipinski definition) is 0. The third-order valence-electron chi connectivity index (χ3n) is 8.04. The van der Waals surface area contributed by atoms with E-state index in [-0.39, 0.29) is 23.3 Å². The molecule has 0 spiro atoms. The van der Waals surface area contributed by atoms with Crippen LogP contribution in [0.4, 0.5) is 5.69 Å². The van der Waals surface area contributed by atoms with Crippen molar-refractivity contribution in [1.82, 2.24) is 9.97 Å². The summed E-state index contributed by atoms with van der Waals surface area (Å²) in [5, 5.41) is 0.924. The molecule has 1 amide bonds. The summed E-state index contributed by atoms with van der Waals surface area (Å²) in [5.74, 6) is 0.357. The van der Waals surface area contributed by atoms with Gasteiger partial charge in [-0.25, -0.2) is 9.97 Å². The standard InChI is InChI=1S/C25H23Cl2N3O/c1-13-10-14-6-4-5-7-20(14)30(13)23(31)25-9-8-15(24(25,2)3)21-22(25)29-19-12-17(27)16(26)11-18(19)28-21/h4-7,11-13,15H,8-10H2,1-3H3. The van der Waals surface area contributed by atoms with Crippen LogP contribution < -0.4 is 4.90 Å². The summed E-state index contributed by atoms with van der Waals surface area (Å²) < 4.78 is 0. The van der Waals surface area contributed by atoms with E-state index in [0.717, 1.165) is 41.9 Å². The van der Waals surface area contributed by atoms with E-state index >= 15 is 0 Å². The molecule has 0 radical (unpaired) electrons. The Bertz CT molecular complexity index is 1290. The molecular formula is C25H23Cl2N3O. The Morgan fingerprint density at radius 1 is 1.10 bits per heavy atom. The quantitative estimate of drug-likeness (QED) is 0.450. The first kappa shape index (κ1) is 19.5. The van der Waals surface area contributed by atoms with E-state index in [9.17, 15) is 4.79 Å². The smallest absolute Gasteiger partial charge is 0.240 e. The molecule has 3 aliphatic rings. The first-order valence-electron chi connectivity index (χ1n) is 10.8. The van der Waals surface area contributed by atoms with Gasteiger partial charge in [0.2, 0.25) is 5.91 Å². The molecule has 3 atom stereocenters. The predicted octanol–water partition coefficient (Wildman–Crippen LogP) is 6.07. The minimum Gasteiger partial charge on any atom is -0.308 e. The van der Waals surface area contributed by atoms with Crippen LogP contribution >= 0.6 is 23.2 Å². The molecule has 6 heteroatoms. The Morgan fingerprint density at radius 3 is 2.52 bits per heavy atom. The number of benzene rings is 2. The number of halogens is 2. The van der Waals surface area contributed by atoms with Crippen LogP contribution in [-0.4, -0.2) is 21.9 Å². The molecule has 1 aromatic heterocycles. The van der Waals surface area contributed by atoms with Crippen molar-refractivity contribution in [3.05, 3.63) is 63.4 Å². The van der Waals surface area contributed by atoms with Gasteiger partial charge in [-0.15, -0.1) is 0 Å². The molecule has 3 unspecified atom stereocenters. The average Bonchev–Trinajstić information content (AvgIpc) is 3.27. The van der Waals surface area contributed by atoms with Crippen LogP contribution in [0.3, 0.4) is 0 Å². The van der Waals surface area contributed by atoms with Crippen LogP contribution in [0.2, 0.25) is 10.0 Å². The van der Waals surface area contributed by atoms with Crippen molar-refractivity contribution in [1.29, 1.82) is 0 Å². The maximum Gasteiger partial charge on any atom is 0.240 e. The summed E-state index contributed by atoms with van der Waals surface area (Å²) in [6.07, 6.45) is 2.62. The molecule has 3 aromatic rings. The van der Waals surface area contributed by atoms with Crippen molar-refractivity contribution in [2.24, 2.45) is 5.41 Å². The number of nitrogens with zero attached hydrogens (tertiary/aromatic N) is 3. The van der Waals surface area contributed by atoms with Crippen molar-refractivity contribution in [2.45, 2.75) is 57.4 Å². The molecule has 2 heterocycles. The molecule has 0 saturated heterocycles. The van der Waals surface area contributed by atoms with Crippen LogP contribution in [0, 0.1) is 5.41 Å². The maximum atomic E-state index is 14.4. The van der Waals surface area contributed by atoms with Gasteiger partial charge >= 0.3 is 0 Å². The van der Waals surface area contributed by atoms with E-state index in [1.165, 1.54) is 5.56 Å². The second kappa shape index (κ2) is 6.20. The van der Waals surface area contributed by atoms with Crippen molar-refractivity contribution in [3.63, 3.8) is 0 Å². The van der Waals surface area contributed by atoms with E-state index in [1.54, 1.807) is 12.1 Å². The van der Waals surface area contributed by atoms with Gasteiger partial charge in [0.15, 0.2) is 0 Å². The highest BCUT2D eigenvalue weighted by atomic mass is 35.5. The minimum atomic E-state index is -0.688. The van der Waals surface area contributed by atoms with Gasteiger partial charge in [-0.05, 0) is 55.4 Å². The number of anilines is 1. The van der Waals surface area contributed by atoms with Crippen LogP contribution in [0.1, 0.15) is 56.5 Å². The maximum absolute atomic E-state index is 14.4. The fraction of sp³-hybridized carbons (Fsp3) is 0.400. The summed E-state index contributed by atoms with van der Waals surface area (Å²) in [6.45, 7) is 6.56. The van der Waals surface area contributed by atoms with Gasteiger partial charge in [0.1, 0.15) is 0 Å². The Morgan fingerprint density at radius 2 is 1.77 bits per heavy atom. The Kier molecular flexibility index (Phi) is 3.90. The first-order chi connectivity index (χ1) is 14.8. The van der Waals surface area contributed by atoms with Gasteiger partial charge in [-0.3, -0.25) is 4.79 Å².